The van der Waals surface area contributed by atoms with Gasteiger partial charge in [-0.05, 0) is 25.3 Å². The van der Waals surface area contributed by atoms with E-state index < -0.39 is 0 Å². The summed E-state index contributed by atoms with van der Waals surface area (Å²) >= 11 is 0. The summed E-state index contributed by atoms with van der Waals surface area (Å²) in [7, 11) is 1.57. The van der Waals surface area contributed by atoms with Gasteiger partial charge in [0.15, 0.2) is 0 Å². The summed E-state index contributed by atoms with van der Waals surface area (Å²) in [6.45, 7) is 3.91. The maximum Gasteiger partial charge on any atom is 0.230 e. The molecule has 1 aromatic rings. The molecule has 4 nitrogen and oxygen atoms in total. The Morgan fingerprint density at radius 3 is 2.75 bits per heavy atom. The van der Waals surface area contributed by atoms with Crippen molar-refractivity contribution in [2.45, 2.75) is 26.7 Å². The molecule has 1 saturated carbocycles. The predicted octanol–water partition coefficient (Wildman–Crippen LogP) is 2.14. The molecule has 1 N–H and O–H groups in total. The van der Waals surface area contributed by atoms with E-state index in [-0.39, 0.29) is 11.3 Å². The maximum absolute atomic E-state index is 11.8. The zero-order valence-corrected chi connectivity index (χ0v) is 9.83. The third-order valence-corrected chi connectivity index (χ3v) is 3.09. The first-order valence-corrected chi connectivity index (χ1v) is 5.37. The smallest absolute Gasteiger partial charge is 0.230 e. The minimum Gasteiger partial charge on any atom is -0.481 e. The van der Waals surface area contributed by atoms with Gasteiger partial charge in [0.05, 0.1) is 19.0 Å². The van der Waals surface area contributed by atoms with E-state index in [1.54, 1.807) is 13.3 Å². The summed E-state index contributed by atoms with van der Waals surface area (Å²) in [5, 5.41) is 2.91. The molecule has 0 bridgehead atoms. The molecule has 1 amide bonds. The lowest BCUT2D eigenvalue weighted by atomic mass is 10.1. The van der Waals surface area contributed by atoms with Gasteiger partial charge < -0.3 is 10.1 Å². The molecule has 0 unspecified atom stereocenters. The molecule has 4 heteroatoms. The van der Waals surface area contributed by atoms with Gasteiger partial charge in [-0.25, -0.2) is 4.98 Å². The van der Waals surface area contributed by atoms with Crippen LogP contribution in [0, 0.1) is 12.3 Å². The standard InChI is InChI=1S/C12H16N2O2/c1-8-6-10(16-3)13-7-9(8)14-11(15)12(2)4-5-12/h6-7H,4-5H2,1-3H3,(H,14,15). The molecule has 0 aliphatic heterocycles. The van der Waals surface area contributed by atoms with Crippen LogP contribution in [0.1, 0.15) is 25.3 Å². The van der Waals surface area contributed by atoms with Gasteiger partial charge in [0.25, 0.3) is 0 Å². The second-order valence-corrected chi connectivity index (χ2v) is 4.56. The number of carbonyl (C=O) groups excluding carboxylic acids is 1. The number of nitrogens with one attached hydrogen (secondary N) is 1. The lowest BCUT2D eigenvalue weighted by molar-refractivity contribution is -0.120. The third-order valence-electron chi connectivity index (χ3n) is 3.09. The minimum atomic E-state index is -0.160. The van der Waals surface area contributed by atoms with Crippen LogP contribution >= 0.6 is 0 Å². The van der Waals surface area contributed by atoms with E-state index in [4.69, 9.17) is 4.74 Å². The highest BCUT2D eigenvalue weighted by molar-refractivity contribution is 5.97. The molecule has 0 saturated heterocycles. The summed E-state index contributed by atoms with van der Waals surface area (Å²) in [6.07, 6.45) is 3.58. The number of anilines is 1. The van der Waals surface area contributed by atoms with Gasteiger partial charge in [0.2, 0.25) is 11.8 Å². The van der Waals surface area contributed by atoms with Gasteiger partial charge in [-0.3, -0.25) is 4.79 Å². The molecular formula is C12H16N2O2. The highest BCUT2D eigenvalue weighted by Gasteiger charge is 2.44. The van der Waals surface area contributed by atoms with E-state index in [9.17, 15) is 4.79 Å². The van der Waals surface area contributed by atoms with Crippen molar-refractivity contribution in [3.63, 3.8) is 0 Å². The van der Waals surface area contributed by atoms with Crippen LogP contribution in [-0.2, 0) is 4.79 Å². The summed E-state index contributed by atoms with van der Waals surface area (Å²) in [5.41, 5.74) is 1.56. The van der Waals surface area contributed by atoms with Gasteiger partial charge in [-0.2, -0.15) is 0 Å². The van der Waals surface area contributed by atoms with Crippen LogP contribution in [0.4, 0.5) is 5.69 Å². The Kier molecular flexibility index (Phi) is 2.58. The molecule has 1 aromatic heterocycles. The van der Waals surface area contributed by atoms with Crippen LogP contribution in [0.15, 0.2) is 12.3 Å². The zero-order chi connectivity index (χ0) is 11.8. The average molecular weight is 220 g/mol. The highest BCUT2D eigenvalue weighted by atomic mass is 16.5. The second-order valence-electron chi connectivity index (χ2n) is 4.56. The summed E-state index contributed by atoms with van der Waals surface area (Å²) < 4.78 is 5.01. The van der Waals surface area contributed by atoms with Gasteiger partial charge in [-0.1, -0.05) is 6.92 Å². The normalized spacial score (nSPS) is 16.7. The third kappa shape index (κ3) is 2.01. The Bertz CT molecular complexity index is 425. The van der Waals surface area contributed by atoms with Crippen molar-refractivity contribution in [3.05, 3.63) is 17.8 Å². The quantitative estimate of drug-likeness (QED) is 0.849. The minimum absolute atomic E-state index is 0.0857. The van der Waals surface area contributed by atoms with Gasteiger partial charge >= 0.3 is 0 Å². The Labute approximate surface area is 95.0 Å². The van der Waals surface area contributed by atoms with E-state index in [0.717, 1.165) is 24.1 Å². The number of nitrogens with zero attached hydrogens (tertiary/aromatic N) is 1. The lowest BCUT2D eigenvalue weighted by Gasteiger charge is -2.12. The first-order valence-electron chi connectivity index (χ1n) is 5.37. The SMILES string of the molecule is COc1cc(C)c(NC(=O)C2(C)CC2)cn1. The van der Waals surface area contributed by atoms with Crippen LogP contribution in [0.25, 0.3) is 0 Å². The van der Waals surface area contributed by atoms with Crippen molar-refractivity contribution in [1.29, 1.82) is 0 Å². The van der Waals surface area contributed by atoms with E-state index in [2.05, 4.69) is 10.3 Å². The lowest BCUT2D eigenvalue weighted by Crippen LogP contribution is -2.21. The summed E-state index contributed by atoms with van der Waals surface area (Å²) in [6, 6.07) is 1.81. The second kappa shape index (κ2) is 3.77. The number of amides is 1. The van der Waals surface area contributed by atoms with E-state index in [0.29, 0.717) is 5.88 Å². The molecule has 86 valence electrons. The van der Waals surface area contributed by atoms with Crippen LogP contribution in [-0.4, -0.2) is 18.0 Å². The van der Waals surface area contributed by atoms with Gasteiger partial charge in [-0.15, -0.1) is 0 Å². The molecular weight excluding hydrogens is 204 g/mol. The molecule has 1 fully saturated rings. The molecule has 1 aliphatic carbocycles. The van der Waals surface area contributed by atoms with Crippen LogP contribution < -0.4 is 10.1 Å². The van der Waals surface area contributed by atoms with E-state index in [1.165, 1.54) is 0 Å². The van der Waals surface area contributed by atoms with Crippen molar-refractivity contribution < 1.29 is 9.53 Å². The van der Waals surface area contributed by atoms with Gasteiger partial charge in [0, 0.05) is 11.5 Å². The van der Waals surface area contributed by atoms with Crippen molar-refractivity contribution >= 4 is 11.6 Å². The molecule has 0 spiro atoms. The zero-order valence-electron chi connectivity index (χ0n) is 9.83. The maximum atomic E-state index is 11.8. The number of carbonyl (C=O) groups is 1. The fourth-order valence-corrected chi connectivity index (χ4v) is 1.46. The molecule has 0 atom stereocenters. The highest BCUT2D eigenvalue weighted by Crippen LogP contribution is 2.45. The van der Waals surface area contributed by atoms with Crippen molar-refractivity contribution in [2.75, 3.05) is 12.4 Å². The first-order chi connectivity index (χ1) is 7.55. The molecule has 2 rings (SSSR count). The molecule has 0 radical (unpaired) electrons. The predicted molar refractivity (Wildman–Crippen MR) is 61.5 cm³/mol. The molecule has 16 heavy (non-hydrogen) atoms. The fraction of sp³-hybridized carbons (Fsp3) is 0.500. The number of ether oxygens (including phenoxy) is 1. The first kappa shape index (κ1) is 10.9. The Hall–Kier alpha value is -1.58. The van der Waals surface area contributed by atoms with Crippen molar-refractivity contribution in [3.8, 4) is 5.88 Å². The summed E-state index contributed by atoms with van der Waals surface area (Å²) in [4.78, 5) is 15.9. The van der Waals surface area contributed by atoms with E-state index in [1.807, 2.05) is 19.9 Å². The van der Waals surface area contributed by atoms with Crippen LogP contribution in [0.5, 0.6) is 5.88 Å². The Balaban J connectivity index is 2.12. The Morgan fingerprint density at radius 1 is 1.56 bits per heavy atom. The number of hydrogen-bond acceptors (Lipinski definition) is 3. The number of hydrogen-bond donors (Lipinski definition) is 1. The summed E-state index contributed by atoms with van der Waals surface area (Å²) in [5.74, 6) is 0.649. The number of pyridine rings is 1. The number of aryl methyl sites for hydroxylation is 1. The number of rotatable bonds is 3. The fourth-order valence-electron chi connectivity index (χ4n) is 1.46. The largest absolute Gasteiger partial charge is 0.481 e. The topological polar surface area (TPSA) is 51.2 Å². The Morgan fingerprint density at radius 2 is 2.25 bits per heavy atom. The molecule has 1 heterocycles. The van der Waals surface area contributed by atoms with Crippen LogP contribution in [0.3, 0.4) is 0 Å². The molecule has 0 aromatic carbocycles. The van der Waals surface area contributed by atoms with Gasteiger partial charge in [0.1, 0.15) is 0 Å². The van der Waals surface area contributed by atoms with Crippen molar-refractivity contribution in [1.82, 2.24) is 4.98 Å². The van der Waals surface area contributed by atoms with E-state index >= 15 is 0 Å². The van der Waals surface area contributed by atoms with Crippen LogP contribution in [0.2, 0.25) is 0 Å². The van der Waals surface area contributed by atoms with Crippen molar-refractivity contribution in [2.24, 2.45) is 5.41 Å². The average Bonchev–Trinajstić information content (AvgIpc) is 3.01. The number of aromatic nitrogens is 1. The monoisotopic (exact) mass is 220 g/mol. The molecule has 1 aliphatic rings. The number of methoxy groups -OCH3 is 1.